The molecule has 0 aliphatic heterocycles. The molecule has 0 amide bonds. The SMILES string of the molecule is COC(=O)[C@H](C)[C@@H](O)C(=O)C[C@@H](C)[C@H]1C[C@H](O)[C@@]2(C)C3=C(C(=O)C[C@]12C)[C@@]1(C)CC[C@H](O)C(C)(C)[C@@H]1CC3=O. The molecule has 0 aromatic carbocycles. The zero-order chi connectivity index (χ0) is 29.5. The highest BCUT2D eigenvalue weighted by molar-refractivity contribution is 6.11. The Labute approximate surface area is 231 Å². The Bertz CT molecular complexity index is 1120. The number of ketones is 3. The van der Waals surface area contributed by atoms with Gasteiger partial charge in [-0.25, -0.2) is 0 Å². The molecule has 218 valence electrons. The largest absolute Gasteiger partial charge is 0.469 e. The van der Waals surface area contributed by atoms with Crippen LogP contribution >= 0.6 is 0 Å². The van der Waals surface area contributed by atoms with E-state index in [9.17, 15) is 34.5 Å². The number of rotatable bonds is 6. The van der Waals surface area contributed by atoms with Crippen LogP contribution in [0.1, 0.15) is 87.0 Å². The number of carbonyl (C=O) groups excluding carboxylic acids is 4. The molecule has 4 aliphatic rings. The smallest absolute Gasteiger partial charge is 0.311 e. The number of aliphatic hydroxyl groups excluding tert-OH is 3. The van der Waals surface area contributed by atoms with E-state index in [4.69, 9.17) is 0 Å². The number of fused-ring (bicyclic) bond motifs is 4. The third-order valence-electron chi connectivity index (χ3n) is 12.0. The number of Topliss-reactive ketones (excluding diaryl/α,β-unsaturated/α-hetero) is 3. The quantitative estimate of drug-likeness (QED) is 0.432. The number of methoxy groups -OCH3 is 1. The van der Waals surface area contributed by atoms with E-state index in [1.807, 2.05) is 34.6 Å². The van der Waals surface area contributed by atoms with E-state index >= 15 is 0 Å². The van der Waals surface area contributed by atoms with Crippen molar-refractivity contribution < 1.29 is 39.2 Å². The summed E-state index contributed by atoms with van der Waals surface area (Å²) in [6.07, 6.45) is -1.11. The zero-order valence-corrected chi connectivity index (χ0v) is 24.7. The average Bonchev–Trinajstić information content (AvgIpc) is 3.07. The van der Waals surface area contributed by atoms with Gasteiger partial charge in [0.2, 0.25) is 0 Å². The summed E-state index contributed by atoms with van der Waals surface area (Å²) in [5.41, 5.74) is -1.84. The second-order valence-electron chi connectivity index (χ2n) is 14.2. The van der Waals surface area contributed by atoms with Crippen LogP contribution in [-0.4, -0.2) is 64.1 Å². The van der Waals surface area contributed by atoms with E-state index in [1.54, 1.807) is 0 Å². The Kier molecular flexibility index (Phi) is 7.39. The fourth-order valence-electron chi connectivity index (χ4n) is 9.27. The van der Waals surface area contributed by atoms with Gasteiger partial charge in [-0.05, 0) is 54.8 Å². The van der Waals surface area contributed by atoms with Crippen LogP contribution in [-0.2, 0) is 23.9 Å². The summed E-state index contributed by atoms with van der Waals surface area (Å²) >= 11 is 0. The fraction of sp³-hybridized carbons (Fsp3) is 0.806. The van der Waals surface area contributed by atoms with Gasteiger partial charge in [-0.1, -0.05) is 41.5 Å². The Balaban J connectivity index is 1.72. The Morgan fingerprint density at radius 1 is 1.00 bits per heavy atom. The van der Waals surface area contributed by atoms with E-state index < -0.39 is 57.6 Å². The normalized spacial score (nSPS) is 41.7. The molecule has 3 N–H and O–H groups in total. The van der Waals surface area contributed by atoms with E-state index in [0.29, 0.717) is 30.4 Å². The Hall–Kier alpha value is -1.90. The maximum atomic E-state index is 14.1. The standard InChI is InChI=1S/C31H46O8/c1-15(11-19(33)26(37)16(2)27(38)39-8)17-12-23(36)31(7)25-18(32)13-21-28(3,4)22(35)9-10-29(21,5)24(25)20(34)14-30(17,31)6/h15-17,21-23,26,35-37H,9-14H2,1-8H3/t15-,16-,17-,21+,22+,23+,26-,29+,30-,31+/m1/s1. The van der Waals surface area contributed by atoms with Gasteiger partial charge in [-0.15, -0.1) is 0 Å². The molecule has 0 heterocycles. The minimum absolute atomic E-state index is 0.0224. The van der Waals surface area contributed by atoms with Gasteiger partial charge in [0, 0.05) is 41.2 Å². The molecule has 2 fully saturated rings. The van der Waals surface area contributed by atoms with Crippen LogP contribution in [0.3, 0.4) is 0 Å². The van der Waals surface area contributed by atoms with Gasteiger partial charge in [0.1, 0.15) is 6.10 Å². The second-order valence-corrected chi connectivity index (χ2v) is 14.2. The molecule has 39 heavy (non-hydrogen) atoms. The summed E-state index contributed by atoms with van der Waals surface area (Å²) in [5.74, 6) is -3.10. The summed E-state index contributed by atoms with van der Waals surface area (Å²) < 4.78 is 4.67. The molecular weight excluding hydrogens is 500 g/mol. The summed E-state index contributed by atoms with van der Waals surface area (Å²) in [7, 11) is 1.20. The van der Waals surface area contributed by atoms with Crippen LogP contribution in [0.15, 0.2) is 11.1 Å². The van der Waals surface area contributed by atoms with Gasteiger partial charge in [-0.3, -0.25) is 19.2 Å². The lowest BCUT2D eigenvalue weighted by molar-refractivity contribution is -0.153. The molecule has 0 unspecified atom stereocenters. The first kappa shape index (κ1) is 30.1. The molecule has 0 radical (unpaired) electrons. The van der Waals surface area contributed by atoms with Crippen LogP contribution in [0.5, 0.6) is 0 Å². The van der Waals surface area contributed by atoms with Gasteiger partial charge >= 0.3 is 5.97 Å². The molecule has 0 bridgehead atoms. The topological polar surface area (TPSA) is 138 Å². The first-order chi connectivity index (χ1) is 17.9. The highest BCUT2D eigenvalue weighted by Crippen LogP contribution is 2.71. The van der Waals surface area contributed by atoms with Crippen molar-refractivity contribution in [3.8, 4) is 0 Å². The first-order valence-electron chi connectivity index (χ1n) is 14.4. The van der Waals surface area contributed by atoms with Gasteiger partial charge in [0.05, 0.1) is 25.2 Å². The monoisotopic (exact) mass is 546 g/mol. The molecule has 0 aromatic heterocycles. The summed E-state index contributed by atoms with van der Waals surface area (Å²) in [5, 5.41) is 32.9. The molecule has 2 saturated carbocycles. The van der Waals surface area contributed by atoms with Crippen LogP contribution in [0.2, 0.25) is 0 Å². The summed E-state index contributed by atoms with van der Waals surface area (Å²) in [6.45, 7) is 13.2. The molecular formula is C31H46O8. The second kappa shape index (κ2) is 9.59. The Morgan fingerprint density at radius 2 is 1.62 bits per heavy atom. The fourth-order valence-corrected chi connectivity index (χ4v) is 9.27. The lowest BCUT2D eigenvalue weighted by Crippen LogP contribution is -2.60. The lowest BCUT2D eigenvalue weighted by atomic mass is 9.42. The predicted octanol–water partition coefficient (Wildman–Crippen LogP) is 3.19. The van der Waals surface area contributed by atoms with Gasteiger partial charge in [0.15, 0.2) is 17.3 Å². The minimum Gasteiger partial charge on any atom is -0.469 e. The maximum Gasteiger partial charge on any atom is 0.311 e. The van der Waals surface area contributed by atoms with Crippen molar-refractivity contribution in [3.63, 3.8) is 0 Å². The molecule has 10 atom stereocenters. The maximum absolute atomic E-state index is 14.1. The molecule has 4 aliphatic carbocycles. The molecule has 8 nitrogen and oxygen atoms in total. The average molecular weight is 547 g/mol. The predicted molar refractivity (Wildman–Crippen MR) is 143 cm³/mol. The number of hydrogen-bond acceptors (Lipinski definition) is 8. The molecule has 4 rings (SSSR count). The van der Waals surface area contributed by atoms with Gasteiger partial charge in [0.25, 0.3) is 0 Å². The number of hydrogen-bond donors (Lipinski definition) is 3. The van der Waals surface area contributed by atoms with Crippen LogP contribution < -0.4 is 0 Å². The number of allylic oxidation sites excluding steroid dienone is 1. The highest BCUT2D eigenvalue weighted by Gasteiger charge is 2.70. The molecule has 0 aromatic rings. The van der Waals surface area contributed by atoms with Crippen molar-refractivity contribution in [2.24, 2.45) is 45.3 Å². The molecule has 8 heteroatoms. The minimum atomic E-state index is -1.51. The van der Waals surface area contributed by atoms with Crippen molar-refractivity contribution in [3.05, 3.63) is 11.1 Å². The van der Waals surface area contributed by atoms with E-state index in [0.717, 1.165) is 0 Å². The molecule has 0 saturated heterocycles. The van der Waals surface area contributed by atoms with Crippen molar-refractivity contribution in [1.82, 2.24) is 0 Å². The first-order valence-corrected chi connectivity index (χ1v) is 14.4. The number of ether oxygens (including phenoxy) is 1. The van der Waals surface area contributed by atoms with Crippen molar-refractivity contribution in [2.75, 3.05) is 7.11 Å². The van der Waals surface area contributed by atoms with E-state index in [2.05, 4.69) is 11.7 Å². The van der Waals surface area contributed by atoms with Crippen molar-refractivity contribution >= 4 is 23.3 Å². The highest BCUT2D eigenvalue weighted by atomic mass is 16.5. The van der Waals surface area contributed by atoms with Crippen LogP contribution in [0.4, 0.5) is 0 Å². The number of carbonyl (C=O) groups is 4. The van der Waals surface area contributed by atoms with Gasteiger partial charge < -0.3 is 20.1 Å². The third-order valence-corrected chi connectivity index (χ3v) is 12.0. The number of esters is 1. The molecule has 0 spiro atoms. The summed E-state index contributed by atoms with van der Waals surface area (Å²) in [6, 6.07) is 0. The van der Waals surface area contributed by atoms with E-state index in [1.165, 1.54) is 14.0 Å². The lowest BCUT2D eigenvalue weighted by Gasteiger charge is -2.60. The van der Waals surface area contributed by atoms with E-state index in [-0.39, 0.29) is 48.6 Å². The van der Waals surface area contributed by atoms with Gasteiger partial charge in [-0.2, -0.15) is 0 Å². The van der Waals surface area contributed by atoms with Crippen LogP contribution in [0.25, 0.3) is 0 Å². The third kappa shape index (κ3) is 4.03. The Morgan fingerprint density at radius 3 is 2.21 bits per heavy atom. The summed E-state index contributed by atoms with van der Waals surface area (Å²) in [4.78, 5) is 52.9. The number of aliphatic hydroxyl groups is 3. The zero-order valence-electron chi connectivity index (χ0n) is 24.7. The van der Waals surface area contributed by atoms with Crippen molar-refractivity contribution in [1.29, 1.82) is 0 Å². The van der Waals surface area contributed by atoms with Crippen LogP contribution in [0, 0.1) is 45.3 Å². The van der Waals surface area contributed by atoms with Crippen molar-refractivity contribution in [2.45, 2.75) is 105 Å².